The van der Waals surface area contributed by atoms with Gasteiger partial charge in [-0.1, -0.05) is 6.07 Å². The van der Waals surface area contributed by atoms with E-state index in [1.807, 2.05) is 0 Å². The SMILES string of the molecule is COc1ccc(C=C(C#N)C(=O)[O-])cc1OC. The van der Waals surface area contributed by atoms with Crippen molar-refractivity contribution in [1.29, 1.82) is 5.26 Å². The molecule has 0 radical (unpaired) electrons. The zero-order chi connectivity index (χ0) is 12.8. The third-order valence-electron chi connectivity index (χ3n) is 2.06. The largest absolute Gasteiger partial charge is 0.544 e. The quantitative estimate of drug-likeness (QED) is 0.553. The number of benzene rings is 1. The van der Waals surface area contributed by atoms with Crippen molar-refractivity contribution in [2.75, 3.05) is 14.2 Å². The molecule has 0 saturated heterocycles. The smallest absolute Gasteiger partial charge is 0.161 e. The summed E-state index contributed by atoms with van der Waals surface area (Å²) in [5, 5.41) is 19.1. The van der Waals surface area contributed by atoms with Crippen LogP contribution in [0.1, 0.15) is 5.56 Å². The molecule has 0 N–H and O–H groups in total. The fraction of sp³-hybridized carbons (Fsp3) is 0.167. The van der Waals surface area contributed by atoms with Gasteiger partial charge in [0.1, 0.15) is 6.07 Å². The van der Waals surface area contributed by atoms with Gasteiger partial charge in [0.05, 0.1) is 25.8 Å². The molecule has 88 valence electrons. The van der Waals surface area contributed by atoms with Gasteiger partial charge < -0.3 is 19.4 Å². The van der Waals surface area contributed by atoms with Gasteiger partial charge >= 0.3 is 0 Å². The first-order valence-corrected chi connectivity index (χ1v) is 4.67. The number of aliphatic carboxylic acids is 1. The predicted molar refractivity (Wildman–Crippen MR) is 58.1 cm³/mol. The molecule has 0 unspecified atom stereocenters. The summed E-state index contributed by atoms with van der Waals surface area (Å²) in [6, 6.07) is 6.34. The number of ether oxygens (including phenoxy) is 2. The van der Waals surface area contributed by atoms with Crippen molar-refractivity contribution < 1.29 is 19.4 Å². The van der Waals surface area contributed by atoms with Crippen molar-refractivity contribution in [2.45, 2.75) is 0 Å². The number of nitrogens with zero attached hydrogens (tertiary/aromatic N) is 1. The summed E-state index contributed by atoms with van der Waals surface area (Å²) in [5.41, 5.74) is 0.0700. The second kappa shape index (κ2) is 5.56. The van der Waals surface area contributed by atoms with Gasteiger partial charge in [-0.25, -0.2) is 0 Å². The molecular weight excluding hydrogens is 222 g/mol. The van der Waals surface area contributed by atoms with Crippen LogP contribution in [0.2, 0.25) is 0 Å². The van der Waals surface area contributed by atoms with E-state index in [0.29, 0.717) is 17.1 Å². The van der Waals surface area contributed by atoms with Gasteiger partial charge in [0.25, 0.3) is 0 Å². The van der Waals surface area contributed by atoms with E-state index in [9.17, 15) is 9.90 Å². The third kappa shape index (κ3) is 2.98. The van der Waals surface area contributed by atoms with Crippen LogP contribution in [0, 0.1) is 11.3 Å². The predicted octanol–water partition coefficient (Wildman–Crippen LogP) is 0.361. The summed E-state index contributed by atoms with van der Waals surface area (Å²) in [5.74, 6) is -0.532. The maximum absolute atomic E-state index is 10.6. The first-order valence-electron chi connectivity index (χ1n) is 4.67. The molecule has 0 aliphatic heterocycles. The molecule has 0 amide bonds. The lowest BCUT2D eigenvalue weighted by atomic mass is 10.1. The minimum Gasteiger partial charge on any atom is -0.544 e. The molecule has 5 nitrogen and oxygen atoms in total. The van der Waals surface area contributed by atoms with Gasteiger partial charge in [-0.2, -0.15) is 5.26 Å². The van der Waals surface area contributed by atoms with Crippen LogP contribution >= 0.6 is 0 Å². The second-order valence-corrected chi connectivity index (χ2v) is 3.07. The standard InChI is InChI=1S/C12H11NO4/c1-16-10-4-3-8(6-11(10)17-2)5-9(7-13)12(14)15/h3-6H,1-2H3,(H,14,15)/p-1. The molecule has 0 heterocycles. The van der Waals surface area contributed by atoms with E-state index in [4.69, 9.17) is 14.7 Å². The number of nitriles is 1. The molecule has 0 aliphatic carbocycles. The van der Waals surface area contributed by atoms with Crippen molar-refractivity contribution in [1.82, 2.24) is 0 Å². The Morgan fingerprint density at radius 2 is 2.00 bits per heavy atom. The van der Waals surface area contributed by atoms with Crippen LogP contribution in [0.4, 0.5) is 0 Å². The maximum Gasteiger partial charge on any atom is 0.161 e. The van der Waals surface area contributed by atoms with Crippen LogP contribution < -0.4 is 14.6 Å². The topological polar surface area (TPSA) is 82.4 Å². The first-order chi connectivity index (χ1) is 8.12. The average Bonchev–Trinajstić information content (AvgIpc) is 2.35. The van der Waals surface area contributed by atoms with Crippen LogP contribution in [-0.2, 0) is 4.79 Å². The van der Waals surface area contributed by atoms with E-state index >= 15 is 0 Å². The van der Waals surface area contributed by atoms with Gasteiger partial charge in [-0.05, 0) is 23.8 Å². The van der Waals surface area contributed by atoms with Crippen LogP contribution in [-0.4, -0.2) is 20.2 Å². The number of hydrogen-bond acceptors (Lipinski definition) is 5. The lowest BCUT2D eigenvalue weighted by Crippen LogP contribution is -2.23. The molecule has 0 saturated carbocycles. The average molecular weight is 232 g/mol. The Morgan fingerprint density at radius 3 is 2.47 bits per heavy atom. The van der Waals surface area contributed by atoms with Gasteiger partial charge in [0.15, 0.2) is 11.5 Å². The fourth-order valence-corrected chi connectivity index (χ4v) is 1.25. The lowest BCUT2D eigenvalue weighted by molar-refractivity contribution is -0.298. The molecule has 17 heavy (non-hydrogen) atoms. The number of hydrogen-bond donors (Lipinski definition) is 0. The minimum atomic E-state index is -1.51. The van der Waals surface area contributed by atoms with Crippen LogP contribution in [0.15, 0.2) is 23.8 Å². The summed E-state index contributed by atoms with van der Waals surface area (Å²) in [6.45, 7) is 0. The Hall–Kier alpha value is -2.48. The number of rotatable bonds is 4. The Balaban J connectivity index is 3.17. The Morgan fingerprint density at radius 1 is 1.35 bits per heavy atom. The molecule has 0 spiro atoms. The van der Waals surface area contributed by atoms with Crippen molar-refractivity contribution in [3.8, 4) is 17.6 Å². The third-order valence-corrected chi connectivity index (χ3v) is 2.06. The van der Waals surface area contributed by atoms with Crippen LogP contribution in [0.25, 0.3) is 6.08 Å². The summed E-state index contributed by atoms with van der Waals surface area (Å²) < 4.78 is 10.1. The molecule has 0 bridgehead atoms. The van der Waals surface area contributed by atoms with Crippen molar-refractivity contribution in [3.05, 3.63) is 29.3 Å². The van der Waals surface area contributed by atoms with Crippen molar-refractivity contribution in [3.63, 3.8) is 0 Å². The first kappa shape index (κ1) is 12.6. The zero-order valence-electron chi connectivity index (χ0n) is 9.39. The van der Waals surface area contributed by atoms with Crippen molar-refractivity contribution in [2.24, 2.45) is 0 Å². The lowest BCUT2D eigenvalue weighted by Gasteiger charge is -2.08. The number of carboxylic acid groups (broad SMARTS) is 1. The monoisotopic (exact) mass is 232 g/mol. The maximum atomic E-state index is 10.6. The highest BCUT2D eigenvalue weighted by atomic mass is 16.5. The number of methoxy groups -OCH3 is 2. The van der Waals surface area contributed by atoms with E-state index in [-0.39, 0.29) is 0 Å². The molecule has 0 aromatic heterocycles. The molecule has 0 aliphatic rings. The second-order valence-electron chi connectivity index (χ2n) is 3.07. The van der Waals surface area contributed by atoms with Gasteiger partial charge in [-0.3, -0.25) is 0 Å². The van der Waals surface area contributed by atoms with E-state index in [1.54, 1.807) is 24.3 Å². The van der Waals surface area contributed by atoms with E-state index < -0.39 is 11.5 Å². The van der Waals surface area contributed by atoms with Gasteiger partial charge in [0.2, 0.25) is 0 Å². The molecule has 0 atom stereocenters. The van der Waals surface area contributed by atoms with E-state index in [0.717, 1.165) is 0 Å². The molecule has 1 rings (SSSR count). The molecule has 1 aromatic carbocycles. The highest BCUT2D eigenvalue weighted by Crippen LogP contribution is 2.28. The molecule has 1 aromatic rings. The molecule has 0 fully saturated rings. The molecular formula is C12H10NO4-. The molecule has 5 heteroatoms. The van der Waals surface area contributed by atoms with Gasteiger partial charge in [-0.15, -0.1) is 0 Å². The highest BCUT2D eigenvalue weighted by Gasteiger charge is 2.04. The van der Waals surface area contributed by atoms with E-state index in [2.05, 4.69) is 0 Å². The fourth-order valence-electron chi connectivity index (χ4n) is 1.25. The normalized spacial score (nSPS) is 10.5. The summed E-state index contributed by atoms with van der Waals surface area (Å²) in [4.78, 5) is 10.6. The van der Waals surface area contributed by atoms with E-state index in [1.165, 1.54) is 20.3 Å². The summed E-state index contributed by atoms with van der Waals surface area (Å²) in [7, 11) is 2.96. The Labute approximate surface area is 98.5 Å². The van der Waals surface area contributed by atoms with Gasteiger partial charge in [0, 0.05) is 0 Å². The number of carbonyl (C=O) groups is 1. The number of carboxylic acids is 1. The zero-order valence-corrected chi connectivity index (χ0v) is 9.39. The summed E-state index contributed by atoms with van der Waals surface area (Å²) >= 11 is 0. The summed E-state index contributed by atoms with van der Waals surface area (Å²) in [6.07, 6.45) is 1.21. The Kier molecular flexibility index (Phi) is 4.12. The Bertz CT molecular complexity index is 500. The highest BCUT2D eigenvalue weighted by molar-refractivity contribution is 5.95. The van der Waals surface area contributed by atoms with Crippen molar-refractivity contribution >= 4 is 12.0 Å². The van der Waals surface area contributed by atoms with Crippen LogP contribution in [0.3, 0.4) is 0 Å². The minimum absolute atomic E-state index is 0.447. The number of carbonyl (C=O) groups excluding carboxylic acids is 1. The van der Waals surface area contributed by atoms with Crippen LogP contribution in [0.5, 0.6) is 11.5 Å².